The van der Waals surface area contributed by atoms with Gasteiger partial charge in [-0.2, -0.15) is 5.10 Å². The lowest BCUT2D eigenvalue weighted by molar-refractivity contribution is 0.322. The Morgan fingerprint density at radius 1 is 1.07 bits per heavy atom. The van der Waals surface area contributed by atoms with Crippen LogP contribution in [-0.4, -0.2) is 35.9 Å². The van der Waals surface area contributed by atoms with Crippen LogP contribution in [0.3, 0.4) is 0 Å². The van der Waals surface area contributed by atoms with E-state index < -0.39 is 0 Å². The van der Waals surface area contributed by atoms with Crippen LogP contribution in [0.15, 0.2) is 72.0 Å². The van der Waals surface area contributed by atoms with Crippen molar-refractivity contribution in [1.29, 1.82) is 0 Å². The molecule has 0 saturated heterocycles. The third-order valence-corrected chi connectivity index (χ3v) is 4.02. The highest BCUT2D eigenvalue weighted by atomic mass is 16.5. The van der Waals surface area contributed by atoms with Crippen molar-refractivity contribution in [3.8, 4) is 11.4 Å². The number of aliphatic imine (C=N–C) groups is 1. The second-order valence-corrected chi connectivity index (χ2v) is 6.14. The predicted molar refractivity (Wildman–Crippen MR) is 108 cm³/mol. The van der Waals surface area contributed by atoms with E-state index >= 15 is 0 Å². The Hall–Kier alpha value is -3.28. The molecule has 0 saturated carbocycles. The summed E-state index contributed by atoms with van der Waals surface area (Å²) in [5, 5.41) is 10.9. The molecule has 3 aromatic rings. The fourth-order valence-corrected chi connectivity index (χ4v) is 2.55. The van der Waals surface area contributed by atoms with E-state index in [2.05, 4.69) is 27.6 Å². The van der Waals surface area contributed by atoms with Gasteiger partial charge in [-0.3, -0.25) is 4.99 Å². The molecule has 0 bridgehead atoms. The zero-order valence-electron chi connectivity index (χ0n) is 15.7. The van der Waals surface area contributed by atoms with Gasteiger partial charge in [-0.25, -0.2) is 4.68 Å². The molecule has 2 N–H and O–H groups in total. The largest absolute Gasteiger partial charge is 0.492 e. The average Bonchev–Trinajstić information content (AvgIpc) is 3.18. The molecule has 3 rings (SSSR count). The average molecular weight is 363 g/mol. The zero-order valence-corrected chi connectivity index (χ0v) is 15.7. The van der Waals surface area contributed by atoms with Crippen molar-refractivity contribution in [2.75, 3.05) is 20.2 Å². The predicted octanol–water partition coefficient (Wildman–Crippen LogP) is 2.92. The number of para-hydroxylation sites is 1. The number of rotatable bonds is 7. The number of ether oxygens (including phenoxy) is 1. The van der Waals surface area contributed by atoms with E-state index in [1.54, 1.807) is 7.05 Å². The highest BCUT2D eigenvalue weighted by Crippen LogP contribution is 2.10. The van der Waals surface area contributed by atoms with E-state index in [-0.39, 0.29) is 0 Å². The van der Waals surface area contributed by atoms with Gasteiger partial charge in [0, 0.05) is 25.4 Å². The standard InChI is InChI=1S/C21H25N5O/c1-17-8-10-20(11-9-17)27-13-12-23-21(22-2)24-14-18-15-25-26(16-18)19-6-4-3-5-7-19/h3-11,15-16H,12-14H2,1-2H3,(H2,22,23,24). The summed E-state index contributed by atoms with van der Waals surface area (Å²) in [6.45, 7) is 3.93. The number of aryl methyl sites for hydroxylation is 1. The SMILES string of the molecule is CN=C(NCCOc1ccc(C)cc1)NCc1cnn(-c2ccccc2)c1. The lowest BCUT2D eigenvalue weighted by atomic mass is 10.2. The van der Waals surface area contributed by atoms with Crippen molar-refractivity contribution in [3.63, 3.8) is 0 Å². The van der Waals surface area contributed by atoms with Crippen LogP contribution in [0.25, 0.3) is 5.69 Å². The van der Waals surface area contributed by atoms with Crippen molar-refractivity contribution in [1.82, 2.24) is 20.4 Å². The Labute approximate surface area is 159 Å². The molecule has 0 aliphatic carbocycles. The number of aromatic nitrogens is 2. The van der Waals surface area contributed by atoms with E-state index in [1.807, 2.05) is 71.7 Å². The quantitative estimate of drug-likeness (QED) is 0.385. The topological polar surface area (TPSA) is 63.5 Å². The van der Waals surface area contributed by atoms with E-state index in [0.717, 1.165) is 23.0 Å². The van der Waals surface area contributed by atoms with Gasteiger partial charge in [0.25, 0.3) is 0 Å². The summed E-state index contributed by atoms with van der Waals surface area (Å²) in [6, 6.07) is 18.1. The smallest absolute Gasteiger partial charge is 0.191 e. The van der Waals surface area contributed by atoms with Crippen molar-refractivity contribution in [2.45, 2.75) is 13.5 Å². The molecule has 0 aliphatic rings. The number of hydrogen-bond donors (Lipinski definition) is 2. The number of nitrogens with one attached hydrogen (secondary N) is 2. The summed E-state index contributed by atoms with van der Waals surface area (Å²) >= 11 is 0. The van der Waals surface area contributed by atoms with Gasteiger partial charge in [0.15, 0.2) is 5.96 Å². The highest BCUT2D eigenvalue weighted by Gasteiger charge is 2.03. The first kappa shape index (κ1) is 18.5. The first-order valence-electron chi connectivity index (χ1n) is 8.97. The van der Waals surface area contributed by atoms with Crippen molar-refractivity contribution >= 4 is 5.96 Å². The molecule has 0 radical (unpaired) electrons. The van der Waals surface area contributed by atoms with Crippen LogP contribution in [0.4, 0.5) is 0 Å². The molecule has 0 aliphatic heterocycles. The number of nitrogens with zero attached hydrogens (tertiary/aromatic N) is 3. The first-order chi connectivity index (χ1) is 13.2. The highest BCUT2D eigenvalue weighted by molar-refractivity contribution is 5.79. The van der Waals surface area contributed by atoms with E-state index in [0.29, 0.717) is 19.7 Å². The van der Waals surface area contributed by atoms with Gasteiger partial charge < -0.3 is 15.4 Å². The van der Waals surface area contributed by atoms with Gasteiger partial charge in [-0.15, -0.1) is 0 Å². The third kappa shape index (κ3) is 5.60. The van der Waals surface area contributed by atoms with Gasteiger partial charge in [0.2, 0.25) is 0 Å². The number of guanidine groups is 1. The molecule has 140 valence electrons. The number of benzene rings is 2. The normalized spacial score (nSPS) is 11.3. The van der Waals surface area contributed by atoms with Crippen LogP contribution in [0.1, 0.15) is 11.1 Å². The maximum absolute atomic E-state index is 5.71. The summed E-state index contributed by atoms with van der Waals surface area (Å²) in [4.78, 5) is 4.24. The molecule has 6 nitrogen and oxygen atoms in total. The second kappa shape index (κ2) is 9.43. The van der Waals surface area contributed by atoms with Gasteiger partial charge in [-0.05, 0) is 31.2 Å². The molecule has 0 atom stereocenters. The van der Waals surface area contributed by atoms with Crippen LogP contribution in [0, 0.1) is 6.92 Å². The lowest BCUT2D eigenvalue weighted by Crippen LogP contribution is -2.38. The molecule has 0 amide bonds. The molecule has 0 spiro atoms. The Bertz CT molecular complexity index is 856. The van der Waals surface area contributed by atoms with E-state index in [1.165, 1.54) is 5.56 Å². The van der Waals surface area contributed by atoms with Gasteiger partial charge >= 0.3 is 0 Å². The fraction of sp³-hybridized carbons (Fsp3) is 0.238. The summed E-state index contributed by atoms with van der Waals surface area (Å²) in [7, 11) is 1.75. The van der Waals surface area contributed by atoms with Crippen LogP contribution in [0.5, 0.6) is 5.75 Å². The molecule has 0 unspecified atom stereocenters. The molecule has 1 heterocycles. The van der Waals surface area contributed by atoms with Crippen LogP contribution in [-0.2, 0) is 6.54 Å². The summed E-state index contributed by atoms with van der Waals surface area (Å²) in [5.74, 6) is 1.61. The summed E-state index contributed by atoms with van der Waals surface area (Å²) in [5.41, 5.74) is 3.35. The maximum Gasteiger partial charge on any atom is 0.191 e. The molecular formula is C21H25N5O. The zero-order chi connectivity index (χ0) is 18.9. The lowest BCUT2D eigenvalue weighted by Gasteiger charge is -2.12. The number of hydrogen-bond acceptors (Lipinski definition) is 3. The van der Waals surface area contributed by atoms with Crippen LogP contribution in [0.2, 0.25) is 0 Å². The molecule has 0 fully saturated rings. The molecular weight excluding hydrogens is 338 g/mol. The molecule has 27 heavy (non-hydrogen) atoms. The van der Waals surface area contributed by atoms with Gasteiger partial charge in [-0.1, -0.05) is 35.9 Å². The Kier molecular flexibility index (Phi) is 6.46. The van der Waals surface area contributed by atoms with E-state index in [4.69, 9.17) is 4.74 Å². The Morgan fingerprint density at radius 3 is 2.59 bits per heavy atom. The molecule has 1 aromatic heterocycles. The Balaban J connectivity index is 1.41. The van der Waals surface area contributed by atoms with Gasteiger partial charge in [0.05, 0.1) is 18.4 Å². The minimum atomic E-state index is 0.565. The van der Waals surface area contributed by atoms with Crippen molar-refractivity contribution < 1.29 is 4.74 Å². The minimum Gasteiger partial charge on any atom is -0.492 e. The second-order valence-electron chi connectivity index (χ2n) is 6.14. The molecule has 6 heteroatoms. The van der Waals surface area contributed by atoms with Crippen molar-refractivity contribution in [3.05, 3.63) is 78.1 Å². The summed E-state index contributed by atoms with van der Waals surface area (Å²) in [6.07, 6.45) is 3.86. The fourth-order valence-electron chi connectivity index (χ4n) is 2.55. The van der Waals surface area contributed by atoms with Crippen molar-refractivity contribution in [2.24, 2.45) is 4.99 Å². The third-order valence-electron chi connectivity index (χ3n) is 4.02. The maximum atomic E-state index is 5.71. The monoisotopic (exact) mass is 363 g/mol. The Morgan fingerprint density at radius 2 is 1.85 bits per heavy atom. The van der Waals surface area contributed by atoms with Crippen LogP contribution < -0.4 is 15.4 Å². The first-order valence-corrected chi connectivity index (χ1v) is 8.97. The van der Waals surface area contributed by atoms with E-state index in [9.17, 15) is 0 Å². The minimum absolute atomic E-state index is 0.565. The summed E-state index contributed by atoms with van der Waals surface area (Å²) < 4.78 is 7.58. The molecule has 2 aromatic carbocycles. The van der Waals surface area contributed by atoms with Gasteiger partial charge in [0.1, 0.15) is 12.4 Å². The van der Waals surface area contributed by atoms with Crippen LogP contribution >= 0.6 is 0 Å².